The van der Waals surface area contributed by atoms with Crippen molar-refractivity contribution in [3.63, 3.8) is 0 Å². The molecule has 13 nitrogen and oxygen atoms in total. The van der Waals surface area contributed by atoms with Crippen LogP contribution in [0.25, 0.3) is 0 Å². The van der Waals surface area contributed by atoms with E-state index in [0.29, 0.717) is 5.70 Å². The molecule has 13 heteroatoms. The molecule has 0 radical (unpaired) electrons. The van der Waals surface area contributed by atoms with Gasteiger partial charge in [-0.25, -0.2) is 4.79 Å². The summed E-state index contributed by atoms with van der Waals surface area (Å²) in [5.41, 5.74) is -3.85. The van der Waals surface area contributed by atoms with E-state index in [1.54, 1.807) is 13.8 Å². The number of esters is 1. The summed E-state index contributed by atoms with van der Waals surface area (Å²) in [6.07, 6.45) is -3.91. The van der Waals surface area contributed by atoms with Gasteiger partial charge in [0, 0.05) is 35.0 Å². The number of carbonyl (C=O) groups is 3. The van der Waals surface area contributed by atoms with Crippen LogP contribution in [0.2, 0.25) is 0 Å². The number of benzene rings is 1. The molecule has 0 aliphatic carbocycles. The molecule has 0 bridgehead atoms. The summed E-state index contributed by atoms with van der Waals surface area (Å²) in [7, 11) is 1.15. The van der Waals surface area contributed by atoms with Gasteiger partial charge in [-0.3, -0.25) is 19.7 Å². The number of carboxylic acids is 1. The minimum Gasteiger partial charge on any atom is -0.481 e. The monoisotopic (exact) mass is 518 g/mol. The molecular weight excluding hydrogens is 492 g/mol. The van der Waals surface area contributed by atoms with Crippen molar-refractivity contribution in [1.82, 2.24) is 5.32 Å². The number of aliphatic hydroxyl groups is 2. The Morgan fingerprint density at radius 2 is 1.92 bits per heavy atom. The quantitative estimate of drug-likeness (QED) is 0.219. The highest BCUT2D eigenvalue weighted by atomic mass is 16.6. The molecule has 3 aliphatic rings. The predicted molar refractivity (Wildman–Crippen MR) is 123 cm³/mol. The largest absolute Gasteiger partial charge is 0.481 e. The number of nitrogens with zero attached hydrogens (tertiary/aromatic N) is 1. The number of hydrogen-bond donors (Lipinski definition) is 4. The number of aliphatic hydroxyl groups excluding tert-OH is 1. The lowest BCUT2D eigenvalue weighted by atomic mass is 9.71. The molecular formula is C24H26N2O11. The van der Waals surface area contributed by atoms with Gasteiger partial charge in [0.15, 0.2) is 11.4 Å². The molecule has 198 valence electrons. The topological polar surface area (TPSA) is 195 Å². The first-order valence-electron chi connectivity index (χ1n) is 11.3. The zero-order valence-electron chi connectivity index (χ0n) is 20.2. The summed E-state index contributed by atoms with van der Waals surface area (Å²) in [6, 6.07) is 5.39. The number of nitrogens with one attached hydrogen (secondary N) is 1. The summed E-state index contributed by atoms with van der Waals surface area (Å²) in [5, 5.41) is 45.7. The summed E-state index contributed by atoms with van der Waals surface area (Å²) in [4.78, 5) is 49.5. The fourth-order valence-corrected chi connectivity index (χ4v) is 5.43. The summed E-state index contributed by atoms with van der Waals surface area (Å²) < 4.78 is 16.2. The smallest absolute Gasteiger partial charge is 0.336 e. The Morgan fingerprint density at radius 3 is 2.54 bits per heavy atom. The van der Waals surface area contributed by atoms with Crippen LogP contribution in [-0.4, -0.2) is 81.7 Å². The van der Waals surface area contributed by atoms with Crippen LogP contribution in [0.5, 0.6) is 0 Å². The molecule has 4 rings (SSSR count). The lowest BCUT2D eigenvalue weighted by Crippen LogP contribution is -2.58. The maximum absolute atomic E-state index is 14.3. The highest BCUT2D eigenvalue weighted by molar-refractivity contribution is 6.08. The first-order chi connectivity index (χ1) is 17.4. The van der Waals surface area contributed by atoms with Crippen LogP contribution in [0.15, 0.2) is 46.8 Å². The lowest BCUT2D eigenvalue weighted by Gasteiger charge is -2.37. The molecule has 2 saturated heterocycles. The second-order valence-electron chi connectivity index (χ2n) is 9.29. The molecule has 0 amide bonds. The maximum Gasteiger partial charge on any atom is 0.336 e. The predicted octanol–water partition coefficient (Wildman–Crippen LogP) is 0.306. The third-order valence-electron chi connectivity index (χ3n) is 6.99. The fourth-order valence-electron chi connectivity index (χ4n) is 5.43. The average molecular weight is 518 g/mol. The van der Waals surface area contributed by atoms with Crippen LogP contribution in [0.3, 0.4) is 0 Å². The Morgan fingerprint density at radius 1 is 1.24 bits per heavy atom. The van der Waals surface area contributed by atoms with Gasteiger partial charge in [-0.1, -0.05) is 12.1 Å². The number of nitro benzene ring substituents is 1. The molecule has 1 aromatic rings. The molecule has 3 heterocycles. The molecule has 3 aliphatic heterocycles. The van der Waals surface area contributed by atoms with Crippen LogP contribution in [0.4, 0.5) is 5.69 Å². The standard InChI is InChI=1S/C24H26N2O11/c1-11-17(20(30)24-15(27)9-36-22(24)23(32,10-37-24)8-16(28)29)19(18(12(2)25-11)21(31)35-3)13-5-4-6-14(7-13)26(33)34/h4-7,15,19,22,25,27,32H,8-10H2,1-3H3,(H,28,29)/t15-,19?,22+,23-,24-/m0/s1. The average Bonchev–Trinajstić information content (AvgIpc) is 3.33. The summed E-state index contributed by atoms with van der Waals surface area (Å²) in [5.74, 6) is -4.21. The van der Waals surface area contributed by atoms with E-state index in [0.717, 1.165) is 7.11 Å². The number of nitro groups is 1. The maximum atomic E-state index is 14.3. The van der Waals surface area contributed by atoms with Crippen molar-refractivity contribution in [3.8, 4) is 0 Å². The van der Waals surface area contributed by atoms with E-state index in [2.05, 4.69) is 5.32 Å². The SMILES string of the molecule is COC(=O)C1=C(C)NC(C)=C(C(=O)[C@]23OC[C@@](O)(CC(=O)O)[C@H]2OC[C@@H]3O)C1c1cccc([N+](=O)[O-])c1. The van der Waals surface area contributed by atoms with E-state index in [-0.39, 0.29) is 28.1 Å². The molecule has 37 heavy (non-hydrogen) atoms. The number of Topliss-reactive ketones (excluding diaryl/α,β-unsaturated/α-hetero) is 1. The third-order valence-corrected chi connectivity index (χ3v) is 6.99. The van der Waals surface area contributed by atoms with Crippen LogP contribution in [0.1, 0.15) is 31.7 Å². The van der Waals surface area contributed by atoms with Gasteiger partial charge in [-0.2, -0.15) is 0 Å². The van der Waals surface area contributed by atoms with E-state index >= 15 is 0 Å². The highest BCUT2D eigenvalue weighted by Gasteiger charge is 2.70. The van der Waals surface area contributed by atoms with Crippen molar-refractivity contribution < 1.29 is 48.8 Å². The molecule has 0 saturated carbocycles. The molecule has 1 aromatic carbocycles. The van der Waals surface area contributed by atoms with Crippen molar-refractivity contribution >= 4 is 23.4 Å². The molecule has 0 aromatic heterocycles. The van der Waals surface area contributed by atoms with Crippen molar-refractivity contribution in [2.24, 2.45) is 0 Å². The van der Waals surface area contributed by atoms with Crippen molar-refractivity contribution in [1.29, 1.82) is 0 Å². The zero-order chi connectivity index (χ0) is 27.3. The Hall–Kier alpha value is -3.65. The third kappa shape index (κ3) is 4.09. The van der Waals surface area contributed by atoms with Gasteiger partial charge in [0.2, 0.25) is 0 Å². The number of methoxy groups -OCH3 is 1. The van der Waals surface area contributed by atoms with Gasteiger partial charge < -0.3 is 34.8 Å². The number of fused-ring (bicyclic) bond motifs is 1. The van der Waals surface area contributed by atoms with Gasteiger partial charge in [0.05, 0.1) is 37.2 Å². The Labute approximate surface area is 210 Å². The molecule has 0 spiro atoms. The number of ether oxygens (including phenoxy) is 3. The fraction of sp³-hybridized carbons (Fsp3) is 0.458. The van der Waals surface area contributed by atoms with Crippen molar-refractivity contribution in [3.05, 3.63) is 62.5 Å². The van der Waals surface area contributed by atoms with Gasteiger partial charge in [0.1, 0.15) is 17.8 Å². The Bertz CT molecular complexity index is 1250. The normalized spacial score (nSPS) is 31.1. The van der Waals surface area contributed by atoms with E-state index in [1.165, 1.54) is 24.3 Å². The number of ketones is 1. The molecule has 1 unspecified atom stereocenters. The lowest BCUT2D eigenvalue weighted by molar-refractivity contribution is -0.384. The first-order valence-corrected chi connectivity index (χ1v) is 11.3. The second-order valence-corrected chi connectivity index (χ2v) is 9.29. The van der Waals surface area contributed by atoms with Crippen molar-refractivity contribution in [2.45, 2.75) is 49.6 Å². The van der Waals surface area contributed by atoms with Crippen LogP contribution >= 0.6 is 0 Å². The minimum atomic E-state index is -2.19. The number of hydrogen-bond acceptors (Lipinski definition) is 11. The van der Waals surface area contributed by atoms with Crippen LogP contribution < -0.4 is 5.32 Å². The summed E-state index contributed by atoms with van der Waals surface area (Å²) >= 11 is 0. The number of allylic oxidation sites excluding steroid dienone is 2. The number of carbonyl (C=O) groups excluding carboxylic acids is 2. The number of non-ortho nitro benzene ring substituents is 1. The highest BCUT2D eigenvalue weighted by Crippen LogP contribution is 2.50. The number of rotatable bonds is 7. The first kappa shape index (κ1) is 26.4. The zero-order valence-corrected chi connectivity index (χ0v) is 20.2. The van der Waals surface area contributed by atoms with E-state index < -0.39 is 71.6 Å². The van der Waals surface area contributed by atoms with Crippen LogP contribution in [-0.2, 0) is 28.6 Å². The van der Waals surface area contributed by atoms with Crippen molar-refractivity contribution in [2.75, 3.05) is 20.3 Å². The Balaban J connectivity index is 1.90. The van der Waals surface area contributed by atoms with Gasteiger partial charge in [-0.15, -0.1) is 0 Å². The number of dihydropyridines is 1. The Kier molecular flexibility index (Phi) is 6.67. The molecule has 5 atom stereocenters. The summed E-state index contributed by atoms with van der Waals surface area (Å²) in [6.45, 7) is 2.10. The van der Waals surface area contributed by atoms with E-state index in [1.807, 2.05) is 0 Å². The number of aliphatic carboxylic acids is 1. The van der Waals surface area contributed by atoms with Gasteiger partial charge in [0.25, 0.3) is 5.69 Å². The minimum absolute atomic E-state index is 0.00269. The second kappa shape index (κ2) is 9.34. The van der Waals surface area contributed by atoms with E-state index in [4.69, 9.17) is 14.2 Å². The molecule has 4 N–H and O–H groups in total. The number of carboxylic acid groups (broad SMARTS) is 1. The van der Waals surface area contributed by atoms with E-state index in [9.17, 15) is 39.8 Å². The van der Waals surface area contributed by atoms with Gasteiger partial charge >= 0.3 is 11.9 Å². The molecule has 2 fully saturated rings. The van der Waals surface area contributed by atoms with Gasteiger partial charge in [-0.05, 0) is 19.4 Å². The van der Waals surface area contributed by atoms with Crippen LogP contribution in [0, 0.1) is 10.1 Å².